The third kappa shape index (κ3) is 2.81. The molecule has 18 heavy (non-hydrogen) atoms. The molecule has 1 fully saturated rings. The van der Waals surface area contributed by atoms with Crippen LogP contribution in [0.4, 0.5) is 11.8 Å². The molecule has 0 radical (unpaired) electrons. The molecule has 6 nitrogen and oxygen atoms in total. The van der Waals surface area contributed by atoms with E-state index in [-0.39, 0.29) is 12.6 Å². The van der Waals surface area contributed by atoms with Gasteiger partial charge in [-0.05, 0) is 12.8 Å². The smallest absolute Gasteiger partial charge is 0.225 e. The molecular formula is C12H20N4O2. The number of rotatable bonds is 5. The number of hydrogen-bond acceptors (Lipinski definition) is 6. The molecule has 1 aliphatic rings. The van der Waals surface area contributed by atoms with Gasteiger partial charge in [-0.1, -0.05) is 12.8 Å². The summed E-state index contributed by atoms with van der Waals surface area (Å²) in [6.45, 7) is 0.660. The summed E-state index contributed by atoms with van der Waals surface area (Å²) in [6.07, 6.45) is 4.72. The van der Waals surface area contributed by atoms with Crippen molar-refractivity contribution >= 4 is 11.8 Å². The van der Waals surface area contributed by atoms with E-state index in [0.717, 1.165) is 18.7 Å². The van der Waals surface area contributed by atoms with Gasteiger partial charge in [0.2, 0.25) is 11.8 Å². The fourth-order valence-electron chi connectivity index (χ4n) is 2.49. The van der Waals surface area contributed by atoms with Gasteiger partial charge in [0.25, 0.3) is 0 Å². The Hall–Kier alpha value is -1.56. The molecule has 0 aliphatic heterocycles. The minimum absolute atomic E-state index is 0.0999. The minimum atomic E-state index is 0.0999. The van der Waals surface area contributed by atoms with Crippen LogP contribution in [0.25, 0.3) is 0 Å². The first-order valence-electron chi connectivity index (χ1n) is 6.30. The number of aliphatic hydroxyl groups excluding tert-OH is 1. The molecule has 0 spiro atoms. The molecule has 0 bridgehead atoms. The Morgan fingerprint density at radius 1 is 1.44 bits per heavy atom. The summed E-state index contributed by atoms with van der Waals surface area (Å²) in [5.41, 5.74) is 5.68. The number of nitrogen functional groups attached to an aromatic ring is 1. The van der Waals surface area contributed by atoms with Gasteiger partial charge in [-0.15, -0.1) is 0 Å². The monoisotopic (exact) mass is 252 g/mol. The van der Waals surface area contributed by atoms with Crippen LogP contribution in [0.15, 0.2) is 6.07 Å². The number of nitrogens with zero attached hydrogens (tertiary/aromatic N) is 3. The Balaban J connectivity index is 2.25. The zero-order chi connectivity index (χ0) is 13.0. The molecule has 0 aromatic carbocycles. The van der Waals surface area contributed by atoms with Crippen molar-refractivity contribution in [3.8, 4) is 5.88 Å². The topological polar surface area (TPSA) is 84.5 Å². The van der Waals surface area contributed by atoms with Gasteiger partial charge in [0.1, 0.15) is 5.82 Å². The van der Waals surface area contributed by atoms with Gasteiger partial charge in [-0.3, -0.25) is 0 Å². The van der Waals surface area contributed by atoms with Crippen molar-refractivity contribution in [3.05, 3.63) is 6.07 Å². The van der Waals surface area contributed by atoms with Crippen LogP contribution in [0, 0.1) is 0 Å². The number of nitrogens with two attached hydrogens (primary N) is 1. The predicted octanol–water partition coefficient (Wildman–Crippen LogP) is 0.809. The fraction of sp³-hybridized carbons (Fsp3) is 0.667. The molecular weight excluding hydrogens is 232 g/mol. The lowest BCUT2D eigenvalue weighted by Crippen LogP contribution is -2.36. The van der Waals surface area contributed by atoms with E-state index in [0.29, 0.717) is 18.5 Å². The third-order valence-corrected chi connectivity index (χ3v) is 3.32. The van der Waals surface area contributed by atoms with E-state index < -0.39 is 0 Å². The summed E-state index contributed by atoms with van der Waals surface area (Å²) in [7, 11) is 1.55. The minimum Gasteiger partial charge on any atom is -0.481 e. The van der Waals surface area contributed by atoms with Gasteiger partial charge >= 0.3 is 0 Å². The first kappa shape index (κ1) is 12.9. The Bertz CT molecular complexity index is 394. The van der Waals surface area contributed by atoms with Crippen molar-refractivity contribution in [2.45, 2.75) is 31.7 Å². The van der Waals surface area contributed by atoms with E-state index in [2.05, 4.69) is 14.9 Å². The van der Waals surface area contributed by atoms with E-state index in [9.17, 15) is 5.11 Å². The highest BCUT2D eigenvalue weighted by Gasteiger charge is 2.24. The van der Waals surface area contributed by atoms with Gasteiger partial charge in [0.05, 0.1) is 13.7 Å². The average Bonchev–Trinajstić information content (AvgIpc) is 2.88. The van der Waals surface area contributed by atoms with E-state index in [1.807, 2.05) is 0 Å². The van der Waals surface area contributed by atoms with Gasteiger partial charge in [0, 0.05) is 18.7 Å². The Morgan fingerprint density at radius 3 is 2.78 bits per heavy atom. The Kier molecular flexibility index (Phi) is 4.19. The van der Waals surface area contributed by atoms with E-state index in [1.54, 1.807) is 13.2 Å². The third-order valence-electron chi connectivity index (χ3n) is 3.32. The lowest BCUT2D eigenvalue weighted by Gasteiger charge is -2.29. The summed E-state index contributed by atoms with van der Waals surface area (Å²) < 4.78 is 5.11. The SMILES string of the molecule is COc1cc(N(CCO)C2CCCC2)nc(N)n1. The van der Waals surface area contributed by atoms with Crippen molar-refractivity contribution < 1.29 is 9.84 Å². The zero-order valence-electron chi connectivity index (χ0n) is 10.7. The summed E-state index contributed by atoms with van der Waals surface area (Å²) in [4.78, 5) is 10.3. The molecule has 100 valence electrons. The molecule has 0 amide bonds. The highest BCUT2D eigenvalue weighted by Crippen LogP contribution is 2.28. The first-order chi connectivity index (χ1) is 8.74. The molecule has 1 heterocycles. The molecule has 1 aliphatic carbocycles. The van der Waals surface area contributed by atoms with Crippen molar-refractivity contribution in [1.29, 1.82) is 0 Å². The lowest BCUT2D eigenvalue weighted by molar-refractivity contribution is 0.296. The molecule has 6 heteroatoms. The van der Waals surface area contributed by atoms with E-state index in [1.165, 1.54) is 12.8 Å². The van der Waals surface area contributed by atoms with E-state index >= 15 is 0 Å². The maximum Gasteiger partial charge on any atom is 0.225 e. The second-order valence-electron chi connectivity index (χ2n) is 4.48. The summed E-state index contributed by atoms with van der Waals surface area (Å²) >= 11 is 0. The molecule has 1 saturated carbocycles. The van der Waals surface area contributed by atoms with E-state index in [4.69, 9.17) is 10.5 Å². The highest BCUT2D eigenvalue weighted by atomic mass is 16.5. The standard InChI is InChI=1S/C12H20N4O2/c1-18-11-8-10(14-12(13)15-11)16(6-7-17)9-4-2-3-5-9/h8-9,17H,2-7H2,1H3,(H2,13,14,15). The molecule has 1 aromatic heterocycles. The van der Waals surface area contributed by atoms with Crippen molar-refractivity contribution in [2.24, 2.45) is 0 Å². The normalized spacial score (nSPS) is 15.9. The number of anilines is 2. The van der Waals surface area contributed by atoms with Crippen LogP contribution >= 0.6 is 0 Å². The number of hydrogen-bond donors (Lipinski definition) is 2. The van der Waals surface area contributed by atoms with Crippen molar-refractivity contribution in [2.75, 3.05) is 30.9 Å². The molecule has 3 N–H and O–H groups in total. The largest absolute Gasteiger partial charge is 0.481 e. The van der Waals surface area contributed by atoms with Crippen LogP contribution in [0.1, 0.15) is 25.7 Å². The van der Waals surface area contributed by atoms with Gasteiger partial charge < -0.3 is 20.5 Å². The molecule has 1 aromatic rings. The number of aromatic nitrogens is 2. The van der Waals surface area contributed by atoms with Crippen LogP contribution in [0.2, 0.25) is 0 Å². The first-order valence-corrected chi connectivity index (χ1v) is 6.30. The second-order valence-corrected chi connectivity index (χ2v) is 4.48. The van der Waals surface area contributed by atoms with Crippen LogP contribution in [-0.2, 0) is 0 Å². The molecule has 2 rings (SSSR count). The Morgan fingerprint density at radius 2 is 2.17 bits per heavy atom. The van der Waals surface area contributed by atoms with Crippen LogP contribution in [-0.4, -0.2) is 41.4 Å². The molecule has 0 saturated heterocycles. The zero-order valence-corrected chi connectivity index (χ0v) is 10.7. The molecule has 0 atom stereocenters. The molecule has 0 unspecified atom stereocenters. The number of methoxy groups -OCH3 is 1. The highest BCUT2D eigenvalue weighted by molar-refractivity contribution is 5.46. The fourth-order valence-corrected chi connectivity index (χ4v) is 2.49. The van der Waals surface area contributed by atoms with Gasteiger partial charge in [0.15, 0.2) is 0 Å². The summed E-state index contributed by atoms with van der Waals surface area (Å²) in [6, 6.07) is 2.20. The Labute approximate surface area is 107 Å². The van der Waals surface area contributed by atoms with Crippen molar-refractivity contribution in [1.82, 2.24) is 9.97 Å². The van der Waals surface area contributed by atoms with Crippen molar-refractivity contribution in [3.63, 3.8) is 0 Å². The van der Waals surface area contributed by atoms with Crippen LogP contribution < -0.4 is 15.4 Å². The maximum absolute atomic E-state index is 9.21. The van der Waals surface area contributed by atoms with Crippen LogP contribution in [0.5, 0.6) is 5.88 Å². The average molecular weight is 252 g/mol. The summed E-state index contributed by atoms with van der Waals surface area (Å²) in [5, 5.41) is 9.21. The summed E-state index contributed by atoms with van der Waals surface area (Å²) in [5.74, 6) is 1.39. The van der Waals surface area contributed by atoms with Gasteiger partial charge in [-0.2, -0.15) is 9.97 Å². The van der Waals surface area contributed by atoms with Gasteiger partial charge in [-0.25, -0.2) is 0 Å². The maximum atomic E-state index is 9.21. The predicted molar refractivity (Wildman–Crippen MR) is 69.7 cm³/mol. The number of ether oxygens (including phenoxy) is 1. The lowest BCUT2D eigenvalue weighted by atomic mass is 10.2. The number of aliphatic hydroxyl groups is 1. The second kappa shape index (κ2) is 5.86. The quantitative estimate of drug-likeness (QED) is 0.806. The van der Waals surface area contributed by atoms with Crippen LogP contribution in [0.3, 0.4) is 0 Å².